The minimum atomic E-state index is 0.188. The molecular weight excluding hydrogens is 140 g/mol. The van der Waals surface area contributed by atoms with Gasteiger partial charge in [-0.1, -0.05) is 0 Å². The summed E-state index contributed by atoms with van der Waals surface area (Å²) in [4.78, 5) is 0. The SMILES string of the molecule is N[C@@H](CCO)[C@H]1CCCNC1. The molecule has 4 N–H and O–H groups in total. The van der Waals surface area contributed by atoms with Crippen LogP contribution in [-0.4, -0.2) is 30.8 Å². The number of rotatable bonds is 3. The molecule has 11 heavy (non-hydrogen) atoms. The van der Waals surface area contributed by atoms with Gasteiger partial charge in [0.05, 0.1) is 0 Å². The van der Waals surface area contributed by atoms with Crippen LogP contribution in [0.2, 0.25) is 0 Å². The Morgan fingerprint density at radius 2 is 2.45 bits per heavy atom. The fourth-order valence-corrected chi connectivity index (χ4v) is 1.63. The molecule has 0 saturated carbocycles. The van der Waals surface area contributed by atoms with Crippen LogP contribution >= 0.6 is 0 Å². The third-order valence-electron chi connectivity index (χ3n) is 2.40. The van der Waals surface area contributed by atoms with Crippen LogP contribution in [0.1, 0.15) is 19.3 Å². The Hall–Kier alpha value is -0.120. The Morgan fingerprint density at radius 1 is 1.64 bits per heavy atom. The molecule has 1 fully saturated rings. The third kappa shape index (κ3) is 2.77. The lowest BCUT2D eigenvalue weighted by Gasteiger charge is -2.27. The second-order valence-corrected chi connectivity index (χ2v) is 3.28. The highest BCUT2D eigenvalue weighted by Crippen LogP contribution is 2.14. The molecule has 1 heterocycles. The summed E-state index contributed by atoms with van der Waals surface area (Å²) in [5.74, 6) is 0.580. The molecule has 3 nitrogen and oxygen atoms in total. The first-order valence-electron chi connectivity index (χ1n) is 4.41. The molecule has 1 saturated heterocycles. The van der Waals surface area contributed by atoms with Gasteiger partial charge in [-0.3, -0.25) is 0 Å². The minimum Gasteiger partial charge on any atom is -0.396 e. The zero-order valence-corrected chi connectivity index (χ0v) is 6.92. The van der Waals surface area contributed by atoms with E-state index in [0.717, 1.165) is 19.5 Å². The third-order valence-corrected chi connectivity index (χ3v) is 2.40. The van der Waals surface area contributed by atoms with Gasteiger partial charge in [0.25, 0.3) is 0 Å². The fourth-order valence-electron chi connectivity index (χ4n) is 1.63. The van der Waals surface area contributed by atoms with Crippen LogP contribution in [0.3, 0.4) is 0 Å². The van der Waals surface area contributed by atoms with Crippen molar-refractivity contribution in [1.29, 1.82) is 0 Å². The molecule has 0 bridgehead atoms. The number of aliphatic hydroxyl groups is 1. The van der Waals surface area contributed by atoms with Crippen molar-refractivity contribution in [1.82, 2.24) is 5.32 Å². The van der Waals surface area contributed by atoms with Crippen molar-refractivity contribution in [2.75, 3.05) is 19.7 Å². The number of nitrogens with one attached hydrogen (secondary N) is 1. The lowest BCUT2D eigenvalue weighted by atomic mass is 9.91. The Balaban J connectivity index is 2.21. The first-order chi connectivity index (χ1) is 5.34. The lowest BCUT2D eigenvalue weighted by molar-refractivity contribution is 0.237. The normalized spacial score (nSPS) is 28.4. The molecule has 0 aromatic heterocycles. The van der Waals surface area contributed by atoms with Gasteiger partial charge in [0.1, 0.15) is 0 Å². The highest BCUT2D eigenvalue weighted by Gasteiger charge is 2.19. The molecule has 3 heteroatoms. The standard InChI is InChI=1S/C8H18N2O/c9-8(3-5-11)7-2-1-4-10-6-7/h7-8,10-11H,1-6,9H2/t7-,8-/m0/s1. The summed E-state index contributed by atoms with van der Waals surface area (Å²) in [6.07, 6.45) is 3.18. The van der Waals surface area contributed by atoms with Crippen molar-refractivity contribution >= 4 is 0 Å². The molecule has 0 radical (unpaired) electrons. The molecule has 1 aliphatic heterocycles. The highest BCUT2D eigenvalue weighted by molar-refractivity contribution is 4.78. The first-order valence-corrected chi connectivity index (χ1v) is 4.41. The van der Waals surface area contributed by atoms with E-state index in [9.17, 15) is 0 Å². The molecule has 2 atom stereocenters. The van der Waals surface area contributed by atoms with Crippen LogP contribution in [0.25, 0.3) is 0 Å². The van der Waals surface area contributed by atoms with Gasteiger partial charge in [-0.15, -0.1) is 0 Å². The Bertz CT molecular complexity index is 102. The van der Waals surface area contributed by atoms with E-state index in [1.165, 1.54) is 12.8 Å². The first kappa shape index (κ1) is 8.97. The van der Waals surface area contributed by atoms with E-state index in [1.54, 1.807) is 0 Å². The van der Waals surface area contributed by atoms with Gasteiger partial charge in [-0.05, 0) is 38.3 Å². The largest absolute Gasteiger partial charge is 0.396 e. The number of hydrogen-bond donors (Lipinski definition) is 3. The van der Waals surface area contributed by atoms with E-state index in [2.05, 4.69) is 5.32 Å². The quantitative estimate of drug-likeness (QED) is 0.528. The molecule has 0 amide bonds. The van der Waals surface area contributed by atoms with Gasteiger partial charge < -0.3 is 16.2 Å². The maximum Gasteiger partial charge on any atom is 0.0445 e. The molecule has 66 valence electrons. The number of aliphatic hydroxyl groups excluding tert-OH is 1. The van der Waals surface area contributed by atoms with Crippen LogP contribution in [0.4, 0.5) is 0 Å². The van der Waals surface area contributed by atoms with Crippen LogP contribution in [0, 0.1) is 5.92 Å². The average molecular weight is 158 g/mol. The van der Waals surface area contributed by atoms with Gasteiger partial charge in [-0.2, -0.15) is 0 Å². The van der Waals surface area contributed by atoms with E-state index in [-0.39, 0.29) is 12.6 Å². The Kier molecular flexibility index (Phi) is 3.83. The van der Waals surface area contributed by atoms with Crippen molar-refractivity contribution in [2.45, 2.75) is 25.3 Å². The summed E-state index contributed by atoms with van der Waals surface area (Å²) in [5, 5.41) is 12.0. The summed E-state index contributed by atoms with van der Waals surface area (Å²) < 4.78 is 0. The summed E-state index contributed by atoms with van der Waals surface area (Å²) in [6, 6.07) is 0.188. The van der Waals surface area contributed by atoms with E-state index in [1.807, 2.05) is 0 Å². The lowest BCUT2D eigenvalue weighted by Crippen LogP contribution is -2.41. The second-order valence-electron chi connectivity index (χ2n) is 3.28. The molecule has 0 aromatic carbocycles. The zero-order valence-electron chi connectivity index (χ0n) is 6.92. The van der Waals surface area contributed by atoms with Crippen molar-refractivity contribution < 1.29 is 5.11 Å². The van der Waals surface area contributed by atoms with Crippen LogP contribution in [0.5, 0.6) is 0 Å². The number of piperidine rings is 1. The van der Waals surface area contributed by atoms with E-state index in [4.69, 9.17) is 10.8 Å². The molecular formula is C8H18N2O. The van der Waals surface area contributed by atoms with Crippen molar-refractivity contribution in [3.8, 4) is 0 Å². The Morgan fingerprint density at radius 3 is 3.00 bits per heavy atom. The smallest absolute Gasteiger partial charge is 0.0445 e. The maximum absolute atomic E-state index is 8.67. The number of hydrogen-bond acceptors (Lipinski definition) is 3. The molecule has 1 aliphatic rings. The van der Waals surface area contributed by atoms with Crippen LogP contribution in [-0.2, 0) is 0 Å². The van der Waals surface area contributed by atoms with E-state index in [0.29, 0.717) is 5.92 Å². The fraction of sp³-hybridized carbons (Fsp3) is 1.00. The highest BCUT2D eigenvalue weighted by atomic mass is 16.3. The minimum absolute atomic E-state index is 0.188. The van der Waals surface area contributed by atoms with Crippen molar-refractivity contribution in [2.24, 2.45) is 11.7 Å². The summed E-state index contributed by atoms with van der Waals surface area (Å²) >= 11 is 0. The molecule has 1 rings (SSSR count). The molecule has 0 aromatic rings. The van der Waals surface area contributed by atoms with Gasteiger partial charge in [0, 0.05) is 12.6 Å². The number of nitrogens with two attached hydrogens (primary N) is 1. The predicted molar refractivity (Wildman–Crippen MR) is 45.3 cm³/mol. The topological polar surface area (TPSA) is 58.3 Å². The van der Waals surface area contributed by atoms with Gasteiger partial charge in [-0.25, -0.2) is 0 Å². The van der Waals surface area contributed by atoms with E-state index >= 15 is 0 Å². The van der Waals surface area contributed by atoms with Gasteiger partial charge >= 0.3 is 0 Å². The van der Waals surface area contributed by atoms with Crippen LogP contribution < -0.4 is 11.1 Å². The van der Waals surface area contributed by atoms with Crippen molar-refractivity contribution in [3.05, 3.63) is 0 Å². The molecule has 0 spiro atoms. The monoisotopic (exact) mass is 158 g/mol. The van der Waals surface area contributed by atoms with E-state index < -0.39 is 0 Å². The summed E-state index contributed by atoms with van der Waals surface area (Å²) in [7, 11) is 0. The maximum atomic E-state index is 8.67. The summed E-state index contributed by atoms with van der Waals surface area (Å²) in [5.41, 5.74) is 5.86. The van der Waals surface area contributed by atoms with Crippen molar-refractivity contribution in [3.63, 3.8) is 0 Å². The molecule has 0 unspecified atom stereocenters. The predicted octanol–water partition coefficient (Wildman–Crippen LogP) is -0.304. The summed E-state index contributed by atoms with van der Waals surface area (Å²) in [6.45, 7) is 2.38. The Labute approximate surface area is 68.0 Å². The average Bonchev–Trinajstić information content (AvgIpc) is 2.07. The van der Waals surface area contributed by atoms with Gasteiger partial charge in [0.15, 0.2) is 0 Å². The second kappa shape index (κ2) is 4.70. The van der Waals surface area contributed by atoms with Gasteiger partial charge in [0.2, 0.25) is 0 Å². The molecule has 0 aliphatic carbocycles. The zero-order chi connectivity index (χ0) is 8.10. The van der Waals surface area contributed by atoms with Crippen LogP contribution in [0.15, 0.2) is 0 Å².